The van der Waals surface area contributed by atoms with Crippen LogP contribution < -0.4 is 20.1 Å². The van der Waals surface area contributed by atoms with Crippen molar-refractivity contribution >= 4 is 40.9 Å². The first-order chi connectivity index (χ1) is 38.5. The molecule has 3 heterocycles. The van der Waals surface area contributed by atoms with Crippen molar-refractivity contribution < 1.29 is 52.7 Å². The molecule has 3 amide bonds. The quantitative estimate of drug-likeness (QED) is 0.0454. The first-order valence-electron chi connectivity index (χ1n) is 25.9. The van der Waals surface area contributed by atoms with E-state index in [1.807, 2.05) is 103 Å². The van der Waals surface area contributed by atoms with Crippen LogP contribution in [0.5, 0.6) is 11.5 Å². The summed E-state index contributed by atoms with van der Waals surface area (Å²) in [5.41, 5.74) is 7.65. The number of nitrogens with one attached hydrogen (secondary N) is 2. The first kappa shape index (κ1) is 53.4. The number of anilines is 1. The smallest absolute Gasteiger partial charge is 0.409 e. The molecule has 1 fully saturated rings. The van der Waals surface area contributed by atoms with Gasteiger partial charge < -0.3 is 49.1 Å². The number of carbonyl (C=O) groups excluding carboxylic acids is 4. The van der Waals surface area contributed by atoms with Gasteiger partial charge in [0.05, 0.1) is 33.3 Å². The van der Waals surface area contributed by atoms with Gasteiger partial charge >= 0.3 is 12.1 Å². The van der Waals surface area contributed by atoms with Crippen molar-refractivity contribution in [3.8, 4) is 22.6 Å². The maximum Gasteiger partial charge on any atom is 0.409 e. The molecule has 0 spiro atoms. The number of ether oxygens (including phenoxy) is 6. The third-order valence-electron chi connectivity index (χ3n) is 14.3. The number of rotatable bonds is 21. The highest BCUT2D eigenvalue weighted by molar-refractivity contribution is 6.06. The Morgan fingerprint density at radius 3 is 2.00 bits per heavy atom. The van der Waals surface area contributed by atoms with Gasteiger partial charge in [0.2, 0.25) is 0 Å². The fourth-order valence-electron chi connectivity index (χ4n) is 10.2. The van der Waals surface area contributed by atoms with Crippen molar-refractivity contribution in [1.29, 1.82) is 0 Å². The molecule has 79 heavy (non-hydrogen) atoms. The average Bonchev–Trinajstić information content (AvgIpc) is 4.22. The Labute approximate surface area is 456 Å². The van der Waals surface area contributed by atoms with Gasteiger partial charge in [0.25, 0.3) is 11.8 Å². The van der Waals surface area contributed by atoms with E-state index >= 15 is 0 Å². The van der Waals surface area contributed by atoms with Crippen molar-refractivity contribution in [2.45, 2.75) is 55.8 Å². The summed E-state index contributed by atoms with van der Waals surface area (Å²) in [7, 11) is 4.85. The Morgan fingerprint density at radius 1 is 0.734 bits per heavy atom. The molecule has 3 atom stereocenters. The van der Waals surface area contributed by atoms with E-state index in [-0.39, 0.29) is 50.9 Å². The molecule has 8 aromatic rings. The van der Waals surface area contributed by atoms with Crippen molar-refractivity contribution in [2.24, 2.45) is 0 Å². The molecular formula is C61H59N7O11. The molecule has 2 aromatic heterocycles. The predicted octanol–water partition coefficient (Wildman–Crippen LogP) is 8.57. The first-order valence-corrected chi connectivity index (χ1v) is 25.9. The number of amides is 3. The lowest BCUT2D eigenvalue weighted by Gasteiger charge is -2.37. The van der Waals surface area contributed by atoms with Gasteiger partial charge in [-0.2, -0.15) is 0 Å². The molecule has 18 nitrogen and oxygen atoms in total. The number of nitrogens with zero attached hydrogens (tertiary/aromatic N) is 5. The minimum absolute atomic E-state index is 0.00420. The van der Waals surface area contributed by atoms with Crippen LogP contribution in [0.4, 0.5) is 10.6 Å². The number of aliphatic hydroxyl groups is 1. The normalized spacial score (nSPS) is 15.7. The molecule has 404 valence electrons. The highest BCUT2D eigenvalue weighted by Crippen LogP contribution is 2.45. The Kier molecular flexibility index (Phi) is 16.3. The number of hydrogen-bond acceptors (Lipinski definition) is 14. The lowest BCUT2D eigenvalue weighted by atomic mass is 9.80. The van der Waals surface area contributed by atoms with Crippen LogP contribution in [0.1, 0.15) is 75.1 Å². The summed E-state index contributed by atoms with van der Waals surface area (Å²) in [6.45, 7) is 0.109. The summed E-state index contributed by atoms with van der Waals surface area (Å²) >= 11 is 0. The van der Waals surface area contributed by atoms with E-state index in [0.29, 0.717) is 40.2 Å². The summed E-state index contributed by atoms with van der Waals surface area (Å²) in [5, 5.41) is 17.1. The second-order valence-corrected chi connectivity index (χ2v) is 19.2. The number of benzene rings is 6. The zero-order valence-corrected chi connectivity index (χ0v) is 43.8. The second kappa shape index (κ2) is 24.1. The van der Waals surface area contributed by atoms with Crippen LogP contribution in [-0.4, -0.2) is 113 Å². The number of aliphatic hydroxyl groups excluding tert-OH is 1. The summed E-state index contributed by atoms with van der Waals surface area (Å²) in [5.74, 6) is -0.0335. The maximum absolute atomic E-state index is 13.5. The fraction of sp³-hybridized carbons (Fsp3) is 0.262. The van der Waals surface area contributed by atoms with Crippen LogP contribution in [0, 0.1) is 0 Å². The van der Waals surface area contributed by atoms with E-state index in [1.165, 1.54) is 11.2 Å². The van der Waals surface area contributed by atoms with Crippen LogP contribution >= 0.6 is 0 Å². The van der Waals surface area contributed by atoms with Crippen LogP contribution in [0.2, 0.25) is 0 Å². The molecule has 2 aliphatic rings. The number of aromatic nitrogens is 4. The molecule has 18 heteroatoms. The van der Waals surface area contributed by atoms with E-state index in [4.69, 9.17) is 28.4 Å². The maximum atomic E-state index is 13.5. The Hall–Kier alpha value is -8.97. The Morgan fingerprint density at radius 2 is 1.35 bits per heavy atom. The van der Waals surface area contributed by atoms with Crippen molar-refractivity contribution in [2.75, 3.05) is 52.9 Å². The van der Waals surface area contributed by atoms with Gasteiger partial charge in [-0.3, -0.25) is 19.0 Å². The largest absolute Gasteiger partial charge is 0.497 e. The second-order valence-electron chi connectivity index (χ2n) is 19.2. The van der Waals surface area contributed by atoms with Crippen molar-refractivity contribution in [3.63, 3.8) is 0 Å². The minimum Gasteiger partial charge on any atom is -0.497 e. The van der Waals surface area contributed by atoms with Gasteiger partial charge in [0.1, 0.15) is 42.4 Å². The molecule has 1 aliphatic carbocycles. The molecule has 0 radical (unpaired) electrons. The molecule has 10 rings (SSSR count). The fourth-order valence-corrected chi connectivity index (χ4v) is 10.2. The van der Waals surface area contributed by atoms with E-state index in [1.54, 1.807) is 56.4 Å². The zero-order chi connectivity index (χ0) is 54.9. The van der Waals surface area contributed by atoms with Crippen LogP contribution in [0.3, 0.4) is 0 Å². The summed E-state index contributed by atoms with van der Waals surface area (Å²) in [6, 6.07) is 48.1. The molecule has 6 aromatic carbocycles. The summed E-state index contributed by atoms with van der Waals surface area (Å²) in [6.07, 6.45) is 0.556. The molecule has 0 unspecified atom stereocenters. The highest BCUT2D eigenvalue weighted by Gasteiger charge is 2.42. The molecule has 0 bridgehead atoms. The van der Waals surface area contributed by atoms with Gasteiger partial charge in [0.15, 0.2) is 23.6 Å². The number of fused-ring (bicyclic) bond motifs is 4. The lowest BCUT2D eigenvalue weighted by Crippen LogP contribution is -2.38. The van der Waals surface area contributed by atoms with Crippen LogP contribution in [0.15, 0.2) is 164 Å². The Bertz CT molecular complexity index is 3340. The summed E-state index contributed by atoms with van der Waals surface area (Å²) < 4.78 is 37.1. The zero-order valence-electron chi connectivity index (χ0n) is 43.8. The monoisotopic (exact) mass is 1070 g/mol. The standard InChI is InChI=1S/C61H59N7O11/c1-67(60(73)77-34-50-48-16-9-7-14-46(48)47-15-8-10-17-49(47)50)31-11-18-55(71)76-36-53(70)62-33-39-19-21-40(22-20-39)59(72)66-57-56-58(64-37-63-57)68(38-65-56)54-32-51(69)52(79-54)35-78-61(41-12-5-4-6-13-41,42-23-27-44(74-2)28-24-42)43-25-29-45(75-3)30-26-43/h4-10,12-17,19-30,37-38,50-52,54,69H,11,18,31-36H2,1-3H3,(H,62,70)(H,63,64,66,72)/t51-,52-,54-/m1/s1. The van der Waals surface area contributed by atoms with Crippen molar-refractivity contribution in [3.05, 3.63) is 203 Å². The highest BCUT2D eigenvalue weighted by atomic mass is 16.6. The van der Waals surface area contributed by atoms with Gasteiger partial charge in [-0.15, -0.1) is 0 Å². The third-order valence-corrected chi connectivity index (χ3v) is 14.3. The average molecular weight is 1070 g/mol. The van der Waals surface area contributed by atoms with Gasteiger partial charge in [-0.1, -0.05) is 115 Å². The summed E-state index contributed by atoms with van der Waals surface area (Å²) in [4.78, 5) is 66.2. The van der Waals surface area contributed by atoms with E-state index in [0.717, 1.165) is 38.9 Å². The van der Waals surface area contributed by atoms with E-state index in [9.17, 15) is 24.3 Å². The topological polar surface area (TPSA) is 215 Å². The van der Waals surface area contributed by atoms with E-state index < -0.39 is 54.5 Å². The number of carbonyl (C=O) groups is 4. The number of imidazole rings is 1. The predicted molar refractivity (Wildman–Crippen MR) is 292 cm³/mol. The molecule has 1 saturated heterocycles. The number of methoxy groups -OCH3 is 2. The van der Waals surface area contributed by atoms with E-state index in [2.05, 4.69) is 49.9 Å². The number of esters is 1. The molecule has 3 N–H and O–H groups in total. The lowest BCUT2D eigenvalue weighted by molar-refractivity contribution is -0.148. The van der Waals surface area contributed by atoms with Gasteiger partial charge in [-0.05, 0) is 87.3 Å². The van der Waals surface area contributed by atoms with Crippen LogP contribution in [0.25, 0.3) is 22.3 Å². The van der Waals surface area contributed by atoms with Gasteiger partial charge in [-0.25, -0.2) is 19.7 Å². The number of hydrogen-bond donors (Lipinski definition) is 3. The third kappa shape index (κ3) is 11.7. The molecule has 1 aliphatic heterocycles. The Balaban J connectivity index is 0.688. The van der Waals surface area contributed by atoms with Gasteiger partial charge in [0, 0.05) is 44.5 Å². The van der Waals surface area contributed by atoms with Crippen LogP contribution in [-0.2, 0) is 40.7 Å². The van der Waals surface area contributed by atoms with Crippen molar-refractivity contribution in [1.82, 2.24) is 29.7 Å². The molecule has 0 saturated carbocycles. The minimum atomic E-state index is -1.13. The molecular weight excluding hydrogens is 1010 g/mol. The SMILES string of the molecule is COc1ccc(C(OC[C@H]2O[C@@H](n3cnc4c(NC(=O)c5ccc(CNC(=O)COC(=O)CCCN(C)C(=O)OCC6c7ccccc7-c7ccccc76)cc5)ncnc43)C[C@H]2O)(c2ccccc2)c2ccc(OC)cc2)cc1.